The van der Waals surface area contributed by atoms with Gasteiger partial charge in [-0.25, -0.2) is 4.99 Å². The molecule has 1 heterocycles. The van der Waals surface area contributed by atoms with Crippen LogP contribution in [-0.2, 0) is 13.1 Å². The van der Waals surface area contributed by atoms with Gasteiger partial charge in [0.25, 0.3) is 0 Å². The van der Waals surface area contributed by atoms with Gasteiger partial charge in [0.15, 0.2) is 17.5 Å². The predicted molar refractivity (Wildman–Crippen MR) is 122 cm³/mol. The number of aromatic nitrogens is 1. The molecule has 28 heavy (non-hydrogen) atoms. The molecular formula is C20H29IN4O3. The largest absolute Gasteiger partial charge is 0.493 e. The third-order valence-corrected chi connectivity index (χ3v) is 3.87. The smallest absolute Gasteiger partial charge is 0.203 e. The summed E-state index contributed by atoms with van der Waals surface area (Å²) in [5, 5.41) is 6.54. The van der Waals surface area contributed by atoms with Crippen LogP contribution in [0.3, 0.4) is 0 Å². The fourth-order valence-electron chi connectivity index (χ4n) is 2.61. The molecule has 2 rings (SSSR count). The summed E-state index contributed by atoms with van der Waals surface area (Å²) in [5.74, 6) is 2.52. The maximum atomic E-state index is 5.40. The molecule has 0 aliphatic heterocycles. The molecule has 154 valence electrons. The third-order valence-electron chi connectivity index (χ3n) is 3.87. The number of ether oxygens (including phenoxy) is 3. The molecule has 1 aromatic carbocycles. The lowest BCUT2D eigenvalue weighted by Crippen LogP contribution is -2.37. The van der Waals surface area contributed by atoms with Crippen molar-refractivity contribution >= 4 is 29.9 Å². The van der Waals surface area contributed by atoms with Crippen molar-refractivity contribution in [2.75, 3.05) is 27.9 Å². The van der Waals surface area contributed by atoms with Crippen molar-refractivity contribution in [2.24, 2.45) is 4.99 Å². The minimum absolute atomic E-state index is 0. The summed E-state index contributed by atoms with van der Waals surface area (Å²) < 4.78 is 16.2. The van der Waals surface area contributed by atoms with Crippen LogP contribution >= 0.6 is 24.0 Å². The van der Waals surface area contributed by atoms with E-state index in [1.165, 1.54) is 0 Å². The fourth-order valence-corrected chi connectivity index (χ4v) is 2.61. The number of guanidine groups is 1. The summed E-state index contributed by atoms with van der Waals surface area (Å²) in [5.41, 5.74) is 2.91. The number of methoxy groups -OCH3 is 3. The molecule has 0 fully saturated rings. The van der Waals surface area contributed by atoms with Crippen LogP contribution in [0.4, 0.5) is 0 Å². The summed E-state index contributed by atoms with van der Waals surface area (Å²) in [6.45, 7) is 5.84. The second-order valence-corrected chi connectivity index (χ2v) is 5.85. The first-order valence-corrected chi connectivity index (χ1v) is 8.84. The Morgan fingerprint density at radius 3 is 2.25 bits per heavy atom. The van der Waals surface area contributed by atoms with E-state index >= 15 is 0 Å². The molecular weight excluding hydrogens is 471 g/mol. The zero-order chi connectivity index (χ0) is 19.6. The first kappa shape index (κ1) is 23.8. The van der Waals surface area contributed by atoms with Gasteiger partial charge >= 0.3 is 0 Å². The Kier molecular flexibility index (Phi) is 10.4. The van der Waals surface area contributed by atoms with E-state index in [0.29, 0.717) is 30.3 Å². The van der Waals surface area contributed by atoms with E-state index in [0.717, 1.165) is 29.5 Å². The summed E-state index contributed by atoms with van der Waals surface area (Å²) in [4.78, 5) is 9.14. The molecule has 2 N–H and O–H groups in total. The standard InChI is InChI=1S/C20H28N4O3.HI/c1-6-21-20(23-13-16-9-7-8-14(2)24-16)22-12-15-10-17(25-3)19(27-5)18(11-15)26-4;/h7-11H,6,12-13H2,1-5H3,(H2,21,22,23);1H. The molecule has 2 aromatic rings. The fraction of sp³-hybridized carbons (Fsp3) is 0.400. The van der Waals surface area contributed by atoms with Crippen LogP contribution < -0.4 is 24.8 Å². The molecule has 0 bridgehead atoms. The lowest BCUT2D eigenvalue weighted by Gasteiger charge is -2.14. The van der Waals surface area contributed by atoms with Crippen molar-refractivity contribution in [1.29, 1.82) is 0 Å². The summed E-state index contributed by atoms with van der Waals surface area (Å²) in [6.07, 6.45) is 0. The Bertz CT molecular complexity index is 759. The number of halogens is 1. The lowest BCUT2D eigenvalue weighted by atomic mass is 10.2. The Morgan fingerprint density at radius 2 is 1.71 bits per heavy atom. The maximum Gasteiger partial charge on any atom is 0.203 e. The van der Waals surface area contributed by atoms with E-state index in [1.807, 2.05) is 44.2 Å². The van der Waals surface area contributed by atoms with E-state index in [9.17, 15) is 0 Å². The number of nitrogens with one attached hydrogen (secondary N) is 2. The van der Waals surface area contributed by atoms with Gasteiger partial charge in [0.1, 0.15) is 0 Å². The number of pyridine rings is 1. The number of hydrogen-bond acceptors (Lipinski definition) is 5. The van der Waals surface area contributed by atoms with Crippen molar-refractivity contribution in [3.05, 3.63) is 47.3 Å². The highest BCUT2D eigenvalue weighted by Crippen LogP contribution is 2.38. The van der Waals surface area contributed by atoms with Crippen molar-refractivity contribution in [3.8, 4) is 17.2 Å². The highest BCUT2D eigenvalue weighted by Gasteiger charge is 2.13. The minimum atomic E-state index is 0. The molecule has 0 radical (unpaired) electrons. The van der Waals surface area contributed by atoms with Gasteiger partial charge in [-0.15, -0.1) is 24.0 Å². The second kappa shape index (κ2) is 12.3. The quantitative estimate of drug-likeness (QED) is 0.329. The number of nitrogens with zero attached hydrogens (tertiary/aromatic N) is 2. The Labute approximate surface area is 183 Å². The monoisotopic (exact) mass is 500 g/mol. The number of aryl methyl sites for hydroxylation is 1. The van der Waals surface area contributed by atoms with Gasteiger partial charge in [-0.1, -0.05) is 6.07 Å². The SMILES string of the molecule is CCNC(=NCc1cc(OC)c(OC)c(OC)c1)NCc1cccc(C)n1.I. The van der Waals surface area contributed by atoms with Crippen LogP contribution in [0.15, 0.2) is 35.3 Å². The Balaban J connectivity index is 0.00000392. The highest BCUT2D eigenvalue weighted by atomic mass is 127. The van der Waals surface area contributed by atoms with Gasteiger partial charge in [-0.05, 0) is 43.7 Å². The van der Waals surface area contributed by atoms with Crippen molar-refractivity contribution in [1.82, 2.24) is 15.6 Å². The van der Waals surface area contributed by atoms with Crippen LogP contribution in [-0.4, -0.2) is 38.8 Å². The van der Waals surface area contributed by atoms with E-state index in [1.54, 1.807) is 21.3 Å². The van der Waals surface area contributed by atoms with Gasteiger partial charge in [0.05, 0.1) is 40.1 Å². The van der Waals surface area contributed by atoms with Gasteiger partial charge in [-0.2, -0.15) is 0 Å². The second-order valence-electron chi connectivity index (χ2n) is 5.85. The zero-order valence-corrected chi connectivity index (χ0v) is 19.4. The van der Waals surface area contributed by atoms with Gasteiger partial charge in [0, 0.05) is 12.2 Å². The van der Waals surface area contributed by atoms with Gasteiger partial charge < -0.3 is 24.8 Å². The molecule has 0 saturated heterocycles. The summed E-state index contributed by atoms with van der Waals surface area (Å²) in [6, 6.07) is 9.77. The van der Waals surface area contributed by atoms with Gasteiger partial charge in [0.2, 0.25) is 5.75 Å². The topological polar surface area (TPSA) is 77.0 Å². The highest BCUT2D eigenvalue weighted by molar-refractivity contribution is 14.0. The van der Waals surface area contributed by atoms with Crippen LogP contribution in [0.2, 0.25) is 0 Å². The minimum Gasteiger partial charge on any atom is -0.493 e. The maximum absolute atomic E-state index is 5.40. The number of aliphatic imine (C=N–C) groups is 1. The van der Waals surface area contributed by atoms with E-state index in [2.05, 4.69) is 20.6 Å². The number of rotatable bonds is 8. The molecule has 0 spiro atoms. The van der Waals surface area contributed by atoms with Crippen LogP contribution in [0.1, 0.15) is 23.9 Å². The average molecular weight is 500 g/mol. The zero-order valence-electron chi connectivity index (χ0n) is 17.0. The Hall–Kier alpha value is -2.23. The first-order chi connectivity index (χ1) is 13.1. The van der Waals surface area contributed by atoms with E-state index < -0.39 is 0 Å². The molecule has 0 unspecified atom stereocenters. The van der Waals surface area contributed by atoms with E-state index in [-0.39, 0.29) is 24.0 Å². The average Bonchev–Trinajstić information content (AvgIpc) is 2.69. The third kappa shape index (κ3) is 6.74. The van der Waals surface area contributed by atoms with Crippen molar-refractivity contribution < 1.29 is 14.2 Å². The molecule has 0 amide bonds. The molecule has 0 atom stereocenters. The summed E-state index contributed by atoms with van der Waals surface area (Å²) in [7, 11) is 4.79. The lowest BCUT2D eigenvalue weighted by molar-refractivity contribution is 0.324. The molecule has 7 nitrogen and oxygen atoms in total. The van der Waals surface area contributed by atoms with Crippen LogP contribution in [0, 0.1) is 6.92 Å². The molecule has 1 aromatic heterocycles. The molecule has 0 saturated carbocycles. The molecule has 8 heteroatoms. The number of hydrogen-bond donors (Lipinski definition) is 2. The van der Waals surface area contributed by atoms with Crippen molar-refractivity contribution in [3.63, 3.8) is 0 Å². The number of benzene rings is 1. The molecule has 0 aliphatic carbocycles. The first-order valence-electron chi connectivity index (χ1n) is 8.84. The summed E-state index contributed by atoms with van der Waals surface area (Å²) >= 11 is 0. The molecule has 0 aliphatic rings. The normalized spacial score (nSPS) is 10.7. The Morgan fingerprint density at radius 1 is 1.04 bits per heavy atom. The van der Waals surface area contributed by atoms with Crippen LogP contribution in [0.5, 0.6) is 17.2 Å². The van der Waals surface area contributed by atoms with E-state index in [4.69, 9.17) is 14.2 Å². The van der Waals surface area contributed by atoms with Gasteiger partial charge in [-0.3, -0.25) is 4.98 Å². The predicted octanol–water partition coefficient (Wildman–Crippen LogP) is 3.29. The van der Waals surface area contributed by atoms with Crippen LogP contribution in [0.25, 0.3) is 0 Å². The van der Waals surface area contributed by atoms with Crippen molar-refractivity contribution in [2.45, 2.75) is 26.9 Å².